The zero-order chi connectivity index (χ0) is 18.7. The van der Waals surface area contributed by atoms with Crippen LogP contribution in [0.25, 0.3) is 0 Å². The van der Waals surface area contributed by atoms with Crippen molar-refractivity contribution in [1.29, 1.82) is 0 Å². The summed E-state index contributed by atoms with van der Waals surface area (Å²) in [7, 11) is -3.86. The Morgan fingerprint density at radius 1 is 1.08 bits per heavy atom. The highest BCUT2D eigenvalue weighted by Gasteiger charge is 2.16. The molecule has 26 heavy (non-hydrogen) atoms. The number of hydrogen-bond acceptors (Lipinski definition) is 5. The second-order valence-electron chi connectivity index (χ2n) is 5.41. The highest BCUT2D eigenvalue weighted by molar-refractivity contribution is 7.92. The molecule has 0 bridgehead atoms. The quantitative estimate of drug-likeness (QED) is 0.713. The third-order valence-corrected chi connectivity index (χ3v) is 4.79. The molecule has 0 saturated carbocycles. The first-order valence-corrected chi connectivity index (χ1v) is 8.95. The van der Waals surface area contributed by atoms with Gasteiger partial charge in [-0.25, -0.2) is 12.8 Å². The van der Waals surface area contributed by atoms with Crippen LogP contribution in [0.5, 0.6) is 0 Å². The molecule has 0 radical (unpaired) electrons. The minimum Gasteiger partial charge on any atom is -0.360 e. The second kappa shape index (κ2) is 6.96. The van der Waals surface area contributed by atoms with Gasteiger partial charge in [-0.05, 0) is 55.5 Å². The number of rotatable bonds is 5. The molecule has 1 heterocycles. The molecule has 0 unspecified atom stereocenters. The number of sulfonamides is 1. The largest absolute Gasteiger partial charge is 0.360 e. The lowest BCUT2D eigenvalue weighted by Gasteiger charge is -2.08. The molecule has 3 rings (SSSR count). The van der Waals surface area contributed by atoms with Crippen molar-refractivity contribution < 1.29 is 22.1 Å². The molecule has 0 spiro atoms. The zero-order valence-corrected chi connectivity index (χ0v) is 14.4. The molecule has 0 atom stereocenters. The molecule has 0 aliphatic carbocycles. The van der Waals surface area contributed by atoms with Crippen molar-refractivity contribution in [3.05, 3.63) is 71.7 Å². The van der Waals surface area contributed by atoms with Crippen LogP contribution in [-0.2, 0) is 10.0 Å². The average molecular weight is 375 g/mol. The van der Waals surface area contributed by atoms with Crippen LogP contribution in [0.1, 0.15) is 16.1 Å². The standard InChI is InChI=1S/C17H14FN3O4S/c1-11-10-16(20-25-11)19-17(22)12-2-8-15(9-3-12)26(23,24)21-14-6-4-13(18)5-7-14/h2-10,21H,1H3,(H,19,20,22). The predicted octanol–water partition coefficient (Wildman–Crippen LogP) is 3.18. The Kier molecular flexibility index (Phi) is 4.72. The van der Waals surface area contributed by atoms with E-state index in [4.69, 9.17) is 4.52 Å². The summed E-state index contributed by atoms with van der Waals surface area (Å²) < 4.78 is 44.8. The molecule has 3 aromatic rings. The van der Waals surface area contributed by atoms with Gasteiger partial charge in [0.15, 0.2) is 5.82 Å². The first kappa shape index (κ1) is 17.6. The lowest BCUT2D eigenvalue weighted by atomic mass is 10.2. The van der Waals surface area contributed by atoms with Crippen molar-refractivity contribution in [3.8, 4) is 0 Å². The molecule has 134 valence electrons. The Hall–Kier alpha value is -3.20. The molecule has 1 amide bonds. The predicted molar refractivity (Wildman–Crippen MR) is 92.8 cm³/mol. The van der Waals surface area contributed by atoms with Gasteiger partial charge < -0.3 is 9.84 Å². The smallest absolute Gasteiger partial charge is 0.261 e. The zero-order valence-electron chi connectivity index (χ0n) is 13.6. The molecule has 1 aromatic heterocycles. The van der Waals surface area contributed by atoms with E-state index in [-0.39, 0.29) is 22.0 Å². The fraction of sp³-hybridized carbons (Fsp3) is 0.0588. The van der Waals surface area contributed by atoms with Gasteiger partial charge in [-0.3, -0.25) is 9.52 Å². The van der Waals surface area contributed by atoms with Crippen LogP contribution in [0.3, 0.4) is 0 Å². The van der Waals surface area contributed by atoms with Crippen molar-refractivity contribution in [3.63, 3.8) is 0 Å². The van der Waals surface area contributed by atoms with Crippen molar-refractivity contribution >= 4 is 27.4 Å². The number of halogens is 1. The number of aromatic nitrogens is 1. The topological polar surface area (TPSA) is 101 Å². The Balaban J connectivity index is 1.73. The van der Waals surface area contributed by atoms with Gasteiger partial charge in [0.2, 0.25) is 0 Å². The van der Waals surface area contributed by atoms with Crippen molar-refractivity contribution in [2.24, 2.45) is 0 Å². The van der Waals surface area contributed by atoms with Crippen molar-refractivity contribution in [2.45, 2.75) is 11.8 Å². The van der Waals surface area contributed by atoms with E-state index >= 15 is 0 Å². The summed E-state index contributed by atoms with van der Waals surface area (Å²) in [5.41, 5.74) is 0.487. The van der Waals surface area contributed by atoms with Crippen LogP contribution in [0.4, 0.5) is 15.9 Å². The Morgan fingerprint density at radius 2 is 1.73 bits per heavy atom. The molecule has 2 aromatic carbocycles. The lowest BCUT2D eigenvalue weighted by molar-refractivity contribution is 0.102. The van der Waals surface area contributed by atoms with E-state index in [1.165, 1.54) is 36.4 Å². The van der Waals surface area contributed by atoms with Crippen LogP contribution >= 0.6 is 0 Å². The lowest BCUT2D eigenvalue weighted by Crippen LogP contribution is -2.15. The monoisotopic (exact) mass is 375 g/mol. The van der Waals surface area contributed by atoms with E-state index in [9.17, 15) is 17.6 Å². The minimum atomic E-state index is -3.86. The summed E-state index contributed by atoms with van der Waals surface area (Å²) in [6, 6.07) is 11.8. The van der Waals surface area contributed by atoms with E-state index < -0.39 is 21.7 Å². The molecule has 9 heteroatoms. The number of carbonyl (C=O) groups excluding carboxylic acids is 1. The van der Waals surface area contributed by atoms with E-state index in [1.807, 2.05) is 0 Å². The molecular formula is C17H14FN3O4S. The van der Waals surface area contributed by atoms with Gasteiger partial charge in [0.25, 0.3) is 15.9 Å². The number of aryl methyl sites for hydroxylation is 1. The van der Waals surface area contributed by atoms with Crippen LogP contribution in [-0.4, -0.2) is 19.5 Å². The van der Waals surface area contributed by atoms with Crippen LogP contribution < -0.4 is 10.0 Å². The number of nitrogens with zero attached hydrogens (tertiary/aromatic N) is 1. The first-order valence-electron chi connectivity index (χ1n) is 7.47. The number of anilines is 2. The first-order chi connectivity index (χ1) is 12.3. The number of nitrogens with one attached hydrogen (secondary N) is 2. The normalized spacial score (nSPS) is 11.2. The number of hydrogen-bond donors (Lipinski definition) is 2. The Labute approximate surface area is 148 Å². The van der Waals surface area contributed by atoms with Gasteiger partial charge in [0.1, 0.15) is 11.6 Å². The van der Waals surface area contributed by atoms with Gasteiger partial charge in [-0.2, -0.15) is 0 Å². The molecule has 0 fully saturated rings. The molecule has 2 N–H and O–H groups in total. The minimum absolute atomic E-state index is 0.0318. The van der Waals surface area contributed by atoms with Crippen molar-refractivity contribution in [1.82, 2.24) is 5.16 Å². The molecular weight excluding hydrogens is 361 g/mol. The van der Waals surface area contributed by atoms with Gasteiger partial charge >= 0.3 is 0 Å². The molecule has 0 aliphatic rings. The Morgan fingerprint density at radius 3 is 2.31 bits per heavy atom. The molecule has 0 aliphatic heterocycles. The maximum Gasteiger partial charge on any atom is 0.261 e. The molecule has 0 saturated heterocycles. The summed E-state index contributed by atoms with van der Waals surface area (Å²) >= 11 is 0. The van der Waals surface area contributed by atoms with Crippen LogP contribution in [0, 0.1) is 12.7 Å². The summed E-state index contributed by atoms with van der Waals surface area (Å²) in [5.74, 6) is -0.102. The van der Waals surface area contributed by atoms with Crippen molar-refractivity contribution in [2.75, 3.05) is 10.0 Å². The summed E-state index contributed by atoms with van der Waals surface area (Å²) in [5, 5.41) is 6.19. The van der Waals surface area contributed by atoms with Crippen LogP contribution in [0.15, 0.2) is 64.0 Å². The number of benzene rings is 2. The van der Waals surface area contributed by atoms with E-state index in [1.54, 1.807) is 13.0 Å². The fourth-order valence-corrected chi connectivity index (χ4v) is 3.19. The van der Waals surface area contributed by atoms with E-state index in [2.05, 4.69) is 15.2 Å². The SMILES string of the molecule is Cc1cc(NC(=O)c2ccc(S(=O)(=O)Nc3ccc(F)cc3)cc2)no1. The second-order valence-corrected chi connectivity index (χ2v) is 7.10. The average Bonchev–Trinajstić information content (AvgIpc) is 3.02. The molecule has 7 nitrogen and oxygen atoms in total. The highest BCUT2D eigenvalue weighted by Crippen LogP contribution is 2.18. The fourth-order valence-electron chi connectivity index (χ4n) is 2.13. The number of carbonyl (C=O) groups is 1. The van der Waals surface area contributed by atoms with Gasteiger partial charge in [0, 0.05) is 17.3 Å². The van der Waals surface area contributed by atoms with Gasteiger partial charge in [-0.1, -0.05) is 5.16 Å². The number of amides is 1. The summed E-state index contributed by atoms with van der Waals surface area (Å²) in [4.78, 5) is 12.1. The maximum atomic E-state index is 12.9. The Bertz CT molecular complexity index is 1030. The van der Waals surface area contributed by atoms with E-state index in [0.29, 0.717) is 5.76 Å². The maximum absolute atomic E-state index is 12.9. The summed E-state index contributed by atoms with van der Waals surface area (Å²) in [6.07, 6.45) is 0. The van der Waals surface area contributed by atoms with Gasteiger partial charge in [0.05, 0.1) is 4.90 Å². The third kappa shape index (κ3) is 4.06. The van der Waals surface area contributed by atoms with E-state index in [0.717, 1.165) is 12.1 Å². The highest BCUT2D eigenvalue weighted by atomic mass is 32.2. The summed E-state index contributed by atoms with van der Waals surface area (Å²) in [6.45, 7) is 1.69. The van der Waals surface area contributed by atoms with Crippen LogP contribution in [0.2, 0.25) is 0 Å². The third-order valence-electron chi connectivity index (χ3n) is 3.39. The van der Waals surface area contributed by atoms with Gasteiger partial charge in [-0.15, -0.1) is 0 Å².